The van der Waals surface area contributed by atoms with Gasteiger partial charge in [-0.1, -0.05) is 29.8 Å². The molecule has 2 aromatic rings. The molecule has 0 bridgehead atoms. The number of nitrogens with zero attached hydrogens (tertiary/aromatic N) is 2. The first-order chi connectivity index (χ1) is 7.09. The van der Waals surface area contributed by atoms with E-state index in [-0.39, 0.29) is 0 Å². The van der Waals surface area contributed by atoms with Crippen LogP contribution in [-0.2, 0) is 7.05 Å². The van der Waals surface area contributed by atoms with E-state index in [2.05, 4.69) is 68.0 Å². The fourth-order valence-electron chi connectivity index (χ4n) is 1.41. The van der Waals surface area contributed by atoms with E-state index in [4.69, 9.17) is 0 Å². The van der Waals surface area contributed by atoms with Crippen molar-refractivity contribution in [2.24, 2.45) is 7.05 Å². The molecule has 0 atom stereocenters. The van der Waals surface area contributed by atoms with E-state index < -0.39 is 0 Å². The third-order valence-corrected chi connectivity index (χ3v) is 4.29. The molecule has 1 aromatic heterocycles. The molecule has 1 heterocycles. The maximum atomic E-state index is 4.44. The van der Waals surface area contributed by atoms with Crippen LogP contribution in [-0.4, -0.2) is 9.55 Å². The van der Waals surface area contributed by atoms with Gasteiger partial charge < -0.3 is 4.57 Å². The maximum absolute atomic E-state index is 4.44. The lowest BCUT2D eigenvalue weighted by Crippen LogP contribution is -1.92. The highest BCUT2D eigenvalue weighted by atomic mass is 79.9. The van der Waals surface area contributed by atoms with Gasteiger partial charge in [-0.2, -0.15) is 0 Å². The number of halogens is 2. The smallest absolute Gasteiger partial charge is 0.141 e. The molecule has 2 nitrogen and oxygen atoms in total. The molecular formula is C11H10Br2N2. The highest BCUT2D eigenvalue weighted by molar-refractivity contribution is 9.13. The van der Waals surface area contributed by atoms with Crippen molar-refractivity contribution in [3.63, 3.8) is 0 Å². The molecule has 1 aromatic carbocycles. The molecule has 0 aliphatic heterocycles. The molecule has 0 spiro atoms. The van der Waals surface area contributed by atoms with Crippen LogP contribution in [0.4, 0.5) is 0 Å². The number of rotatable bonds is 1. The molecule has 4 heteroatoms. The number of hydrogen-bond acceptors (Lipinski definition) is 1. The molecule has 15 heavy (non-hydrogen) atoms. The number of aromatic nitrogens is 2. The van der Waals surface area contributed by atoms with Gasteiger partial charge >= 0.3 is 0 Å². The second-order valence-corrected chi connectivity index (χ2v) is 4.94. The zero-order valence-corrected chi connectivity index (χ0v) is 11.6. The third-order valence-electron chi connectivity index (χ3n) is 2.30. The van der Waals surface area contributed by atoms with Crippen molar-refractivity contribution in [1.29, 1.82) is 0 Å². The first kappa shape index (κ1) is 10.9. The van der Waals surface area contributed by atoms with Gasteiger partial charge in [0.1, 0.15) is 15.0 Å². The predicted octanol–water partition coefficient (Wildman–Crippen LogP) is 3.92. The van der Waals surface area contributed by atoms with Crippen LogP contribution in [0.5, 0.6) is 0 Å². The van der Waals surface area contributed by atoms with Crippen molar-refractivity contribution >= 4 is 31.9 Å². The average molecular weight is 330 g/mol. The van der Waals surface area contributed by atoms with Crippen molar-refractivity contribution in [3.8, 4) is 11.4 Å². The first-order valence-corrected chi connectivity index (χ1v) is 6.13. The minimum absolute atomic E-state index is 0.834. The summed E-state index contributed by atoms with van der Waals surface area (Å²) in [5.41, 5.74) is 2.38. The van der Waals surface area contributed by atoms with Gasteiger partial charge in [-0.05, 0) is 38.8 Å². The Kier molecular flexibility index (Phi) is 2.98. The summed E-state index contributed by atoms with van der Waals surface area (Å²) in [7, 11) is 1.98. The number of hydrogen-bond donors (Lipinski definition) is 0. The van der Waals surface area contributed by atoms with Crippen LogP contribution in [0.25, 0.3) is 11.4 Å². The van der Waals surface area contributed by atoms with Crippen molar-refractivity contribution in [2.75, 3.05) is 0 Å². The monoisotopic (exact) mass is 328 g/mol. The summed E-state index contributed by atoms with van der Waals surface area (Å²) in [5.74, 6) is 0.953. The Balaban J connectivity index is 2.54. The van der Waals surface area contributed by atoms with E-state index in [1.807, 2.05) is 11.6 Å². The van der Waals surface area contributed by atoms with Crippen LogP contribution in [0.1, 0.15) is 5.56 Å². The number of imidazole rings is 1. The second-order valence-electron chi connectivity index (χ2n) is 3.44. The van der Waals surface area contributed by atoms with Crippen LogP contribution in [0, 0.1) is 6.92 Å². The van der Waals surface area contributed by atoms with E-state index in [1.54, 1.807) is 0 Å². The molecule has 0 saturated heterocycles. The lowest BCUT2D eigenvalue weighted by atomic mass is 10.1. The van der Waals surface area contributed by atoms with Crippen molar-refractivity contribution in [1.82, 2.24) is 9.55 Å². The molecular weight excluding hydrogens is 320 g/mol. The maximum Gasteiger partial charge on any atom is 0.141 e. The Morgan fingerprint density at radius 1 is 1.13 bits per heavy atom. The van der Waals surface area contributed by atoms with Crippen molar-refractivity contribution in [3.05, 3.63) is 39.0 Å². The van der Waals surface area contributed by atoms with Gasteiger partial charge in [0.15, 0.2) is 0 Å². The highest BCUT2D eigenvalue weighted by Crippen LogP contribution is 2.28. The predicted molar refractivity (Wildman–Crippen MR) is 68.8 cm³/mol. The van der Waals surface area contributed by atoms with E-state index in [9.17, 15) is 0 Å². The van der Waals surface area contributed by atoms with Gasteiger partial charge in [-0.15, -0.1) is 0 Å². The summed E-state index contributed by atoms with van der Waals surface area (Å²) in [4.78, 5) is 4.44. The second kappa shape index (κ2) is 4.10. The van der Waals surface area contributed by atoms with Gasteiger partial charge in [0, 0.05) is 12.6 Å². The summed E-state index contributed by atoms with van der Waals surface area (Å²) in [6.45, 7) is 2.08. The third kappa shape index (κ3) is 2.01. The lowest BCUT2D eigenvalue weighted by Gasteiger charge is -2.02. The Bertz CT molecular complexity index is 486. The van der Waals surface area contributed by atoms with E-state index in [0.29, 0.717) is 0 Å². The van der Waals surface area contributed by atoms with E-state index in [1.165, 1.54) is 5.56 Å². The molecule has 0 N–H and O–H groups in total. The Morgan fingerprint density at radius 2 is 1.73 bits per heavy atom. The summed E-state index contributed by atoms with van der Waals surface area (Å²) >= 11 is 6.87. The largest absolute Gasteiger partial charge is 0.321 e. The zero-order valence-electron chi connectivity index (χ0n) is 8.46. The van der Waals surface area contributed by atoms with Crippen LogP contribution < -0.4 is 0 Å². The first-order valence-electron chi connectivity index (χ1n) is 4.54. The molecule has 0 aliphatic rings. The zero-order chi connectivity index (χ0) is 11.0. The van der Waals surface area contributed by atoms with Gasteiger partial charge in [-0.25, -0.2) is 4.98 Å². The highest BCUT2D eigenvalue weighted by Gasteiger charge is 2.11. The average Bonchev–Trinajstić information content (AvgIpc) is 2.47. The Morgan fingerprint density at radius 3 is 2.20 bits per heavy atom. The molecule has 0 unspecified atom stereocenters. The van der Waals surface area contributed by atoms with Gasteiger partial charge in [0.25, 0.3) is 0 Å². The lowest BCUT2D eigenvalue weighted by molar-refractivity contribution is 0.901. The van der Waals surface area contributed by atoms with Crippen LogP contribution in [0.3, 0.4) is 0 Å². The molecule has 0 aliphatic carbocycles. The summed E-state index contributed by atoms with van der Waals surface area (Å²) in [5, 5.41) is 0. The minimum atomic E-state index is 0.834. The van der Waals surface area contributed by atoms with E-state index >= 15 is 0 Å². The van der Waals surface area contributed by atoms with Crippen LogP contribution in [0.15, 0.2) is 33.5 Å². The molecule has 0 radical (unpaired) electrons. The summed E-state index contributed by atoms with van der Waals surface area (Å²) < 4.78 is 3.80. The van der Waals surface area contributed by atoms with Gasteiger partial charge in [0.2, 0.25) is 0 Å². The van der Waals surface area contributed by atoms with Crippen molar-refractivity contribution in [2.45, 2.75) is 6.92 Å². The minimum Gasteiger partial charge on any atom is -0.321 e. The van der Waals surface area contributed by atoms with E-state index in [0.717, 1.165) is 20.6 Å². The molecule has 0 fully saturated rings. The molecule has 2 rings (SSSR count). The fraction of sp³-hybridized carbons (Fsp3) is 0.182. The van der Waals surface area contributed by atoms with Crippen molar-refractivity contribution < 1.29 is 0 Å². The Hall–Kier alpha value is -0.610. The number of benzene rings is 1. The normalized spacial score (nSPS) is 10.7. The quantitative estimate of drug-likeness (QED) is 0.775. The van der Waals surface area contributed by atoms with Gasteiger partial charge in [-0.3, -0.25) is 0 Å². The summed E-state index contributed by atoms with van der Waals surface area (Å²) in [6, 6.07) is 8.34. The standard InChI is InChI=1S/C11H10Br2N2/c1-7-3-5-8(6-4-7)11-14-9(12)10(13)15(11)2/h3-6H,1-2H3. The topological polar surface area (TPSA) is 17.8 Å². The number of aryl methyl sites for hydroxylation is 1. The molecule has 78 valence electrons. The molecule has 0 amide bonds. The van der Waals surface area contributed by atoms with Gasteiger partial charge in [0.05, 0.1) is 0 Å². The van der Waals surface area contributed by atoms with Crippen LogP contribution >= 0.6 is 31.9 Å². The summed E-state index contributed by atoms with van der Waals surface area (Å²) in [6.07, 6.45) is 0. The SMILES string of the molecule is Cc1ccc(-c2nc(Br)c(Br)n2C)cc1. The fourth-order valence-corrected chi connectivity index (χ4v) is 2.10. The molecule has 0 saturated carbocycles. The van der Waals surface area contributed by atoms with Crippen LogP contribution in [0.2, 0.25) is 0 Å². The Labute approximate surface area is 106 Å².